The first-order valence-electron chi connectivity index (χ1n) is 16.8. The molecule has 0 saturated carbocycles. The molecule has 1 fully saturated rings. The van der Waals surface area contributed by atoms with Crippen LogP contribution in [0.4, 0.5) is 5.69 Å². The zero-order chi connectivity index (χ0) is 34.7. The van der Waals surface area contributed by atoms with Crippen LogP contribution in [-0.2, 0) is 25.7 Å². The number of carbonyl (C=O) groups excluding carboxylic acids is 1. The molecule has 3 N–H and O–H groups in total. The van der Waals surface area contributed by atoms with Crippen molar-refractivity contribution in [3.8, 4) is 22.6 Å². The van der Waals surface area contributed by atoms with Crippen LogP contribution in [0.1, 0.15) is 67.6 Å². The molecule has 0 unspecified atom stereocenters. The molecular formula is C40H40N2O7S. The van der Waals surface area contributed by atoms with Crippen molar-refractivity contribution in [3.63, 3.8) is 0 Å². The van der Waals surface area contributed by atoms with E-state index in [1.54, 1.807) is 0 Å². The summed E-state index contributed by atoms with van der Waals surface area (Å²) in [7, 11) is 0. The van der Waals surface area contributed by atoms with E-state index in [0.717, 1.165) is 39.3 Å². The van der Waals surface area contributed by atoms with Crippen LogP contribution < -0.4 is 5.32 Å². The number of aliphatic carboxylic acids is 1. The van der Waals surface area contributed by atoms with Gasteiger partial charge in [-0.2, -0.15) is 0 Å². The first-order valence-corrected chi connectivity index (χ1v) is 17.8. The number of amides is 1. The lowest BCUT2D eigenvalue weighted by Crippen LogP contribution is -2.31. The monoisotopic (exact) mass is 692 g/mol. The molecule has 0 spiro atoms. The summed E-state index contributed by atoms with van der Waals surface area (Å²) in [6.07, 6.45) is 1.84. The molecule has 1 aliphatic heterocycles. The number of oxazole rings is 1. The fourth-order valence-electron chi connectivity index (χ4n) is 5.81. The molecule has 1 saturated heterocycles. The van der Waals surface area contributed by atoms with Crippen molar-refractivity contribution in [1.82, 2.24) is 4.98 Å². The van der Waals surface area contributed by atoms with Crippen molar-refractivity contribution >= 4 is 29.3 Å². The zero-order valence-electron chi connectivity index (χ0n) is 27.6. The van der Waals surface area contributed by atoms with Crippen LogP contribution in [0, 0.1) is 0 Å². The highest BCUT2D eigenvalue weighted by atomic mass is 32.2. The minimum Gasteiger partial charge on any atom is -0.481 e. The molecule has 3 atom stereocenters. The molecule has 0 radical (unpaired) electrons. The van der Waals surface area contributed by atoms with Crippen LogP contribution >= 0.6 is 11.8 Å². The summed E-state index contributed by atoms with van der Waals surface area (Å²) in [6, 6.07) is 35.2. The third-order valence-electron chi connectivity index (χ3n) is 8.46. The van der Waals surface area contributed by atoms with Gasteiger partial charge in [0.15, 0.2) is 12.1 Å². The van der Waals surface area contributed by atoms with Crippen LogP contribution in [0.5, 0.6) is 0 Å². The number of nitrogens with one attached hydrogen (secondary N) is 1. The van der Waals surface area contributed by atoms with Crippen LogP contribution in [0.25, 0.3) is 22.6 Å². The number of carbonyl (C=O) groups is 2. The number of carboxylic acids is 1. The first kappa shape index (κ1) is 35.1. The lowest BCUT2D eigenvalue weighted by atomic mass is 10.0. The maximum absolute atomic E-state index is 12.4. The van der Waals surface area contributed by atoms with E-state index in [2.05, 4.69) is 5.32 Å². The SMILES string of the molecule is O=C(O)CCCCCC(=O)Nc1ccc([C@H]2O[C@@H](CSc3nc(-c4ccccc4)c(-c4ccccc4)o3)C[C@@H](c3ccc(CO)cc3)O2)cc1. The second-order valence-electron chi connectivity index (χ2n) is 12.2. The largest absolute Gasteiger partial charge is 0.481 e. The molecule has 1 aromatic heterocycles. The molecule has 5 aromatic rings. The summed E-state index contributed by atoms with van der Waals surface area (Å²) in [5.74, 6) is 0.367. The molecule has 10 heteroatoms. The van der Waals surface area contributed by atoms with Gasteiger partial charge >= 0.3 is 5.97 Å². The van der Waals surface area contributed by atoms with E-state index in [0.29, 0.717) is 48.8 Å². The maximum atomic E-state index is 12.4. The Morgan fingerprint density at radius 1 is 0.780 bits per heavy atom. The van der Waals surface area contributed by atoms with E-state index in [-0.39, 0.29) is 31.1 Å². The summed E-state index contributed by atoms with van der Waals surface area (Å²) >= 11 is 1.50. The number of nitrogens with zero attached hydrogens (tertiary/aromatic N) is 1. The highest BCUT2D eigenvalue weighted by Crippen LogP contribution is 2.41. The van der Waals surface area contributed by atoms with E-state index in [1.807, 2.05) is 109 Å². The number of rotatable bonds is 15. The maximum Gasteiger partial charge on any atom is 0.303 e. The number of aromatic nitrogens is 1. The highest BCUT2D eigenvalue weighted by molar-refractivity contribution is 7.99. The second-order valence-corrected chi connectivity index (χ2v) is 13.1. The number of ether oxygens (including phenoxy) is 2. The lowest BCUT2D eigenvalue weighted by Gasteiger charge is -2.36. The quantitative estimate of drug-likeness (QED) is 0.0728. The van der Waals surface area contributed by atoms with Crippen molar-refractivity contribution in [2.45, 2.75) is 68.9 Å². The minimum atomic E-state index is -0.819. The third-order valence-corrected chi connectivity index (χ3v) is 9.42. The Labute approximate surface area is 295 Å². The van der Waals surface area contributed by atoms with Gasteiger partial charge in [-0.3, -0.25) is 9.59 Å². The number of aliphatic hydroxyl groups is 1. The van der Waals surface area contributed by atoms with Crippen molar-refractivity contribution in [2.75, 3.05) is 11.1 Å². The smallest absolute Gasteiger partial charge is 0.303 e. The van der Waals surface area contributed by atoms with E-state index >= 15 is 0 Å². The molecule has 1 aliphatic rings. The highest BCUT2D eigenvalue weighted by Gasteiger charge is 2.33. The molecule has 9 nitrogen and oxygen atoms in total. The van der Waals surface area contributed by atoms with Crippen molar-refractivity contribution < 1.29 is 33.7 Å². The standard InChI is InChI=1S/C40H40N2O7S/c43-25-27-16-18-28(19-17-27)34-24-33(26-50-40-42-37(29-10-4-1-5-11-29)38(49-40)30-12-6-2-7-13-30)47-39(48-34)31-20-22-32(23-21-31)41-35(44)14-8-3-9-15-36(45)46/h1-2,4-7,10-13,16-23,33-34,39,43H,3,8-9,14-15,24-26H2,(H,41,44)(H,45,46)/t33-,34+,39+/m1/s1. The van der Waals surface area contributed by atoms with Gasteiger partial charge in [0.1, 0.15) is 5.69 Å². The summed E-state index contributed by atoms with van der Waals surface area (Å²) in [5.41, 5.74) is 6.02. The van der Waals surface area contributed by atoms with Gasteiger partial charge in [-0.05, 0) is 36.1 Å². The van der Waals surface area contributed by atoms with E-state index in [4.69, 9.17) is 24.0 Å². The van der Waals surface area contributed by atoms with Gasteiger partial charge in [0.25, 0.3) is 5.22 Å². The fraction of sp³-hybridized carbons (Fsp3) is 0.275. The number of thioether (sulfide) groups is 1. The Balaban J connectivity index is 1.15. The van der Waals surface area contributed by atoms with E-state index < -0.39 is 12.3 Å². The first-order chi connectivity index (χ1) is 24.4. The third kappa shape index (κ3) is 9.48. The zero-order valence-corrected chi connectivity index (χ0v) is 28.4. The molecule has 0 aliphatic carbocycles. The number of unbranched alkanes of at least 4 members (excludes halogenated alkanes) is 2. The van der Waals surface area contributed by atoms with Gasteiger partial charge < -0.3 is 29.4 Å². The Hall–Kier alpha value is -4.74. The number of aliphatic hydroxyl groups excluding tert-OH is 1. The van der Waals surface area contributed by atoms with Gasteiger partial charge in [-0.15, -0.1) is 0 Å². The molecule has 4 aromatic carbocycles. The van der Waals surface area contributed by atoms with Crippen LogP contribution in [0.2, 0.25) is 0 Å². The lowest BCUT2D eigenvalue weighted by molar-refractivity contribution is -0.245. The van der Waals surface area contributed by atoms with Crippen molar-refractivity contribution in [2.24, 2.45) is 0 Å². The molecule has 6 rings (SSSR count). The van der Waals surface area contributed by atoms with E-state index in [1.165, 1.54) is 11.8 Å². The van der Waals surface area contributed by atoms with Crippen LogP contribution in [-0.4, -0.2) is 38.9 Å². The number of anilines is 1. The average molecular weight is 693 g/mol. The van der Waals surface area contributed by atoms with Crippen LogP contribution in [0.15, 0.2) is 119 Å². The molecule has 0 bridgehead atoms. The number of carboxylic acid groups (broad SMARTS) is 1. The summed E-state index contributed by atoms with van der Waals surface area (Å²) in [6.45, 7) is -0.0312. The Morgan fingerprint density at radius 2 is 1.44 bits per heavy atom. The van der Waals surface area contributed by atoms with Crippen molar-refractivity contribution in [1.29, 1.82) is 0 Å². The molecule has 1 amide bonds. The Morgan fingerprint density at radius 3 is 2.12 bits per heavy atom. The predicted octanol–water partition coefficient (Wildman–Crippen LogP) is 8.81. The number of benzene rings is 4. The minimum absolute atomic E-state index is 0.0312. The molecule has 50 heavy (non-hydrogen) atoms. The van der Waals surface area contributed by atoms with Gasteiger partial charge in [0.2, 0.25) is 5.91 Å². The second kappa shape index (κ2) is 17.3. The summed E-state index contributed by atoms with van der Waals surface area (Å²) in [5, 5.41) is 21.8. The molecule has 2 heterocycles. The fourth-order valence-corrected chi connectivity index (χ4v) is 6.65. The number of hydrogen-bond acceptors (Lipinski definition) is 8. The number of hydrogen-bond donors (Lipinski definition) is 3. The molecule has 258 valence electrons. The van der Waals surface area contributed by atoms with Gasteiger partial charge in [-0.1, -0.05) is 115 Å². The summed E-state index contributed by atoms with van der Waals surface area (Å²) < 4.78 is 19.4. The van der Waals surface area contributed by atoms with Crippen LogP contribution in [0.3, 0.4) is 0 Å². The van der Waals surface area contributed by atoms with Gasteiger partial charge in [0, 0.05) is 47.4 Å². The van der Waals surface area contributed by atoms with Gasteiger partial charge in [-0.25, -0.2) is 4.98 Å². The normalized spacial score (nSPS) is 17.3. The average Bonchev–Trinajstić information content (AvgIpc) is 3.59. The summed E-state index contributed by atoms with van der Waals surface area (Å²) in [4.78, 5) is 28.1. The Kier molecular flexibility index (Phi) is 12.1. The topological polar surface area (TPSA) is 131 Å². The predicted molar refractivity (Wildman–Crippen MR) is 192 cm³/mol. The molecular weight excluding hydrogens is 653 g/mol. The van der Waals surface area contributed by atoms with E-state index in [9.17, 15) is 14.7 Å². The Bertz CT molecular complexity index is 1770. The van der Waals surface area contributed by atoms with Gasteiger partial charge in [0.05, 0.1) is 18.8 Å². The van der Waals surface area contributed by atoms with Crippen molar-refractivity contribution in [3.05, 3.63) is 126 Å².